The van der Waals surface area contributed by atoms with Gasteiger partial charge in [-0.15, -0.1) is 0 Å². The van der Waals surface area contributed by atoms with E-state index in [1.807, 2.05) is 38.1 Å². The normalized spacial score (nSPS) is 12.6. The minimum atomic E-state index is -0.456. The largest absolute Gasteiger partial charge is 0.325 e. The van der Waals surface area contributed by atoms with Gasteiger partial charge in [0, 0.05) is 9.26 Å². The van der Waals surface area contributed by atoms with Gasteiger partial charge >= 0.3 is 0 Å². The first-order chi connectivity index (χ1) is 7.00. The van der Waals surface area contributed by atoms with Gasteiger partial charge < -0.3 is 11.1 Å². The van der Waals surface area contributed by atoms with Crippen molar-refractivity contribution in [2.75, 3.05) is 5.32 Å². The summed E-state index contributed by atoms with van der Waals surface area (Å²) in [6.07, 6.45) is 0. The van der Waals surface area contributed by atoms with E-state index in [9.17, 15) is 4.79 Å². The average molecular weight is 318 g/mol. The molecule has 15 heavy (non-hydrogen) atoms. The summed E-state index contributed by atoms with van der Waals surface area (Å²) in [7, 11) is 0. The third-order valence-corrected chi connectivity index (χ3v) is 2.78. The van der Waals surface area contributed by atoms with E-state index in [2.05, 4.69) is 27.9 Å². The molecule has 4 heteroatoms. The number of halogens is 1. The lowest BCUT2D eigenvalue weighted by atomic mass is 10.1. The molecule has 1 amide bonds. The lowest BCUT2D eigenvalue weighted by Crippen LogP contribution is -2.39. The van der Waals surface area contributed by atoms with Crippen molar-refractivity contribution in [1.29, 1.82) is 0 Å². The Morgan fingerprint density at radius 3 is 2.67 bits per heavy atom. The Bertz CT molecular complexity index is 352. The maximum absolute atomic E-state index is 11.6. The molecule has 3 nitrogen and oxygen atoms in total. The van der Waals surface area contributed by atoms with Crippen LogP contribution in [0.3, 0.4) is 0 Å². The maximum Gasteiger partial charge on any atom is 0.241 e. The molecule has 0 aliphatic carbocycles. The molecule has 0 aliphatic rings. The zero-order valence-corrected chi connectivity index (χ0v) is 11.0. The molecule has 82 valence electrons. The Labute approximate surface area is 104 Å². The van der Waals surface area contributed by atoms with E-state index in [1.54, 1.807) is 0 Å². The van der Waals surface area contributed by atoms with E-state index < -0.39 is 6.04 Å². The van der Waals surface area contributed by atoms with E-state index in [1.165, 1.54) is 0 Å². The van der Waals surface area contributed by atoms with Crippen LogP contribution in [-0.4, -0.2) is 11.9 Å². The van der Waals surface area contributed by atoms with Gasteiger partial charge in [-0.1, -0.05) is 19.9 Å². The van der Waals surface area contributed by atoms with Gasteiger partial charge in [-0.05, 0) is 46.7 Å². The Hall–Kier alpha value is -0.620. The molecule has 1 aromatic carbocycles. The van der Waals surface area contributed by atoms with Gasteiger partial charge in [0.2, 0.25) is 5.91 Å². The second kappa shape index (κ2) is 5.46. The van der Waals surface area contributed by atoms with Crippen LogP contribution in [-0.2, 0) is 4.79 Å². The number of anilines is 1. The van der Waals surface area contributed by atoms with Crippen molar-refractivity contribution in [3.8, 4) is 0 Å². The van der Waals surface area contributed by atoms with E-state index in [4.69, 9.17) is 5.73 Å². The lowest BCUT2D eigenvalue weighted by molar-refractivity contribution is -0.118. The number of nitrogens with two attached hydrogens (primary N) is 1. The Balaban J connectivity index is 2.66. The maximum atomic E-state index is 11.6. The SMILES string of the molecule is CC(C)[C@H](N)C(=O)Nc1cccc(I)c1. The first-order valence-electron chi connectivity index (χ1n) is 4.82. The molecule has 1 aromatic rings. The van der Waals surface area contributed by atoms with Crippen molar-refractivity contribution >= 4 is 34.2 Å². The van der Waals surface area contributed by atoms with Crippen molar-refractivity contribution in [2.24, 2.45) is 11.7 Å². The highest BCUT2D eigenvalue weighted by atomic mass is 127. The van der Waals surface area contributed by atoms with Crippen LogP contribution in [0.25, 0.3) is 0 Å². The van der Waals surface area contributed by atoms with E-state index in [0.29, 0.717) is 0 Å². The Morgan fingerprint density at radius 2 is 2.13 bits per heavy atom. The first-order valence-corrected chi connectivity index (χ1v) is 5.90. The minimum Gasteiger partial charge on any atom is -0.325 e. The summed E-state index contributed by atoms with van der Waals surface area (Å²) < 4.78 is 1.09. The molecule has 0 spiro atoms. The smallest absolute Gasteiger partial charge is 0.241 e. The van der Waals surface area contributed by atoms with E-state index >= 15 is 0 Å². The highest BCUT2D eigenvalue weighted by Crippen LogP contribution is 2.13. The van der Waals surface area contributed by atoms with Crippen LogP contribution in [0.1, 0.15) is 13.8 Å². The monoisotopic (exact) mass is 318 g/mol. The minimum absolute atomic E-state index is 0.132. The van der Waals surface area contributed by atoms with Gasteiger partial charge in [-0.3, -0.25) is 4.79 Å². The highest BCUT2D eigenvalue weighted by Gasteiger charge is 2.16. The number of rotatable bonds is 3. The number of nitrogens with one attached hydrogen (secondary N) is 1. The third-order valence-electron chi connectivity index (χ3n) is 2.11. The molecule has 0 aliphatic heterocycles. The molecule has 0 saturated carbocycles. The van der Waals surface area contributed by atoms with Crippen LogP contribution in [0, 0.1) is 9.49 Å². The van der Waals surface area contributed by atoms with Crippen LogP contribution in [0.4, 0.5) is 5.69 Å². The van der Waals surface area contributed by atoms with Gasteiger partial charge in [0.05, 0.1) is 6.04 Å². The van der Waals surface area contributed by atoms with Crippen LogP contribution < -0.4 is 11.1 Å². The van der Waals surface area contributed by atoms with Gasteiger partial charge in [-0.25, -0.2) is 0 Å². The summed E-state index contributed by atoms with van der Waals surface area (Å²) in [6.45, 7) is 3.86. The molecule has 0 fully saturated rings. The molecule has 1 rings (SSSR count). The second-order valence-corrected chi connectivity index (χ2v) is 5.02. The Morgan fingerprint density at radius 1 is 1.47 bits per heavy atom. The van der Waals surface area contributed by atoms with Crippen LogP contribution in [0.2, 0.25) is 0 Å². The summed E-state index contributed by atoms with van der Waals surface area (Å²) in [5.74, 6) is 0.0137. The fourth-order valence-corrected chi connectivity index (χ4v) is 1.64. The highest BCUT2D eigenvalue weighted by molar-refractivity contribution is 14.1. The summed E-state index contributed by atoms with van der Waals surface area (Å²) in [6, 6.07) is 7.18. The van der Waals surface area contributed by atoms with Crippen molar-refractivity contribution < 1.29 is 4.79 Å². The molecular weight excluding hydrogens is 303 g/mol. The molecular formula is C11H15IN2O. The molecule has 3 N–H and O–H groups in total. The molecule has 0 unspecified atom stereocenters. The number of carbonyl (C=O) groups is 1. The molecule has 0 saturated heterocycles. The molecule has 1 atom stereocenters. The Kier molecular flexibility index (Phi) is 4.53. The first kappa shape index (κ1) is 12.4. The topological polar surface area (TPSA) is 55.1 Å². The quantitative estimate of drug-likeness (QED) is 0.840. The number of carbonyl (C=O) groups excluding carboxylic acids is 1. The average Bonchev–Trinajstić information content (AvgIpc) is 2.16. The summed E-state index contributed by atoms with van der Waals surface area (Å²) in [5, 5.41) is 2.80. The third kappa shape index (κ3) is 3.79. The molecule has 0 bridgehead atoms. The number of hydrogen-bond donors (Lipinski definition) is 2. The van der Waals surface area contributed by atoms with Crippen LogP contribution in [0.15, 0.2) is 24.3 Å². The molecule has 0 heterocycles. The predicted octanol–water partition coefficient (Wildman–Crippen LogP) is 2.21. The predicted molar refractivity (Wildman–Crippen MR) is 70.6 cm³/mol. The van der Waals surface area contributed by atoms with Gasteiger partial charge in [0.1, 0.15) is 0 Å². The fourth-order valence-electron chi connectivity index (χ4n) is 1.09. The number of amides is 1. The zero-order chi connectivity index (χ0) is 11.4. The van der Waals surface area contributed by atoms with Crippen molar-refractivity contribution in [3.05, 3.63) is 27.8 Å². The zero-order valence-electron chi connectivity index (χ0n) is 8.83. The number of benzene rings is 1. The van der Waals surface area contributed by atoms with Crippen molar-refractivity contribution in [2.45, 2.75) is 19.9 Å². The van der Waals surface area contributed by atoms with Gasteiger partial charge in [0.15, 0.2) is 0 Å². The van der Waals surface area contributed by atoms with Gasteiger partial charge in [-0.2, -0.15) is 0 Å². The molecule has 0 aromatic heterocycles. The summed E-state index contributed by atoms with van der Waals surface area (Å²) in [5.41, 5.74) is 6.53. The standard InChI is InChI=1S/C11H15IN2O/c1-7(2)10(13)11(15)14-9-5-3-4-8(12)6-9/h3-7,10H,13H2,1-2H3,(H,14,15)/t10-/m0/s1. The lowest BCUT2D eigenvalue weighted by Gasteiger charge is -2.15. The second-order valence-electron chi connectivity index (χ2n) is 3.77. The molecule has 0 radical (unpaired) electrons. The fraction of sp³-hybridized carbons (Fsp3) is 0.364. The van der Waals surface area contributed by atoms with E-state index in [0.717, 1.165) is 9.26 Å². The van der Waals surface area contributed by atoms with Gasteiger partial charge in [0.25, 0.3) is 0 Å². The van der Waals surface area contributed by atoms with Crippen LogP contribution in [0.5, 0.6) is 0 Å². The van der Waals surface area contributed by atoms with Crippen molar-refractivity contribution in [3.63, 3.8) is 0 Å². The van der Waals surface area contributed by atoms with Crippen LogP contribution >= 0.6 is 22.6 Å². The van der Waals surface area contributed by atoms with Crippen molar-refractivity contribution in [1.82, 2.24) is 0 Å². The number of hydrogen-bond acceptors (Lipinski definition) is 2. The summed E-state index contributed by atoms with van der Waals surface area (Å²) in [4.78, 5) is 11.6. The van der Waals surface area contributed by atoms with E-state index in [-0.39, 0.29) is 11.8 Å². The summed E-state index contributed by atoms with van der Waals surface area (Å²) >= 11 is 2.20.